The van der Waals surface area contributed by atoms with Gasteiger partial charge in [0.05, 0.1) is 15.9 Å². The topological polar surface area (TPSA) is 4.93 Å². The van der Waals surface area contributed by atoms with Gasteiger partial charge in [0.2, 0.25) is 0 Å². The zero-order chi connectivity index (χ0) is 18.0. The highest BCUT2D eigenvalue weighted by molar-refractivity contribution is 9.09. The molecule has 6 rings (SSSR count). The molecule has 0 saturated carbocycles. The van der Waals surface area contributed by atoms with Gasteiger partial charge in [-0.2, -0.15) is 0 Å². The van der Waals surface area contributed by atoms with E-state index in [4.69, 9.17) is 0 Å². The molecule has 0 fully saturated rings. The summed E-state index contributed by atoms with van der Waals surface area (Å²) in [6.07, 6.45) is 0. The Bertz CT molecular complexity index is 1290. The van der Waals surface area contributed by atoms with Gasteiger partial charge in [-0.3, -0.25) is 0 Å². The third-order valence-electron chi connectivity index (χ3n) is 5.67. The maximum Gasteiger partial charge on any atom is 0.0657 e. The normalized spacial score (nSPS) is 15.2. The molecule has 0 spiro atoms. The SMILES string of the molecule is BrC1c2ccccc2-c2ccc(-n3c4ccccc4c4ccccc43)cc21. The summed E-state index contributed by atoms with van der Waals surface area (Å²) in [7, 11) is 0. The number of benzene rings is 4. The number of alkyl halides is 1. The molecule has 1 aliphatic rings. The van der Waals surface area contributed by atoms with Crippen LogP contribution in [-0.2, 0) is 0 Å². The van der Waals surface area contributed by atoms with Crippen LogP contribution in [0.25, 0.3) is 38.6 Å². The number of fused-ring (bicyclic) bond motifs is 6. The molecule has 1 atom stereocenters. The Morgan fingerprint density at radius 1 is 0.593 bits per heavy atom. The molecule has 1 nitrogen and oxygen atoms in total. The van der Waals surface area contributed by atoms with E-state index in [2.05, 4.69) is 111 Å². The summed E-state index contributed by atoms with van der Waals surface area (Å²) >= 11 is 3.92. The molecule has 0 N–H and O–H groups in total. The van der Waals surface area contributed by atoms with Gasteiger partial charge in [-0.25, -0.2) is 0 Å². The van der Waals surface area contributed by atoms with Crippen molar-refractivity contribution in [2.24, 2.45) is 0 Å². The molecule has 128 valence electrons. The van der Waals surface area contributed by atoms with Crippen molar-refractivity contribution >= 4 is 37.7 Å². The van der Waals surface area contributed by atoms with Crippen LogP contribution in [-0.4, -0.2) is 4.57 Å². The number of rotatable bonds is 1. The fourth-order valence-electron chi connectivity index (χ4n) is 4.48. The van der Waals surface area contributed by atoms with Gasteiger partial charge in [0.15, 0.2) is 0 Å². The molecule has 0 radical (unpaired) electrons. The number of hydrogen-bond donors (Lipinski definition) is 0. The third-order valence-corrected chi connectivity index (χ3v) is 6.66. The Morgan fingerprint density at radius 3 is 1.93 bits per heavy atom. The highest BCUT2D eigenvalue weighted by atomic mass is 79.9. The van der Waals surface area contributed by atoms with Crippen molar-refractivity contribution in [3.05, 3.63) is 102 Å². The van der Waals surface area contributed by atoms with Crippen molar-refractivity contribution in [2.75, 3.05) is 0 Å². The van der Waals surface area contributed by atoms with Gasteiger partial charge >= 0.3 is 0 Å². The standard InChI is InChI=1S/C25H16BrN/c26-25-21-10-2-1-7-17(21)18-14-13-16(15-22(18)25)27-23-11-5-3-8-19(23)20-9-4-6-12-24(20)27/h1-15,25H. The minimum Gasteiger partial charge on any atom is -0.309 e. The average Bonchev–Trinajstić information content (AvgIpc) is 3.21. The average molecular weight is 410 g/mol. The van der Waals surface area contributed by atoms with E-state index in [0.717, 1.165) is 0 Å². The summed E-state index contributed by atoms with van der Waals surface area (Å²) in [6.45, 7) is 0. The van der Waals surface area contributed by atoms with Crippen molar-refractivity contribution in [3.8, 4) is 16.8 Å². The number of para-hydroxylation sites is 2. The lowest BCUT2D eigenvalue weighted by Crippen LogP contribution is -1.95. The molecular formula is C25H16BrN. The van der Waals surface area contributed by atoms with E-state index in [1.54, 1.807) is 0 Å². The second-order valence-electron chi connectivity index (χ2n) is 7.09. The lowest BCUT2D eigenvalue weighted by molar-refractivity contribution is 1.16. The molecule has 27 heavy (non-hydrogen) atoms. The van der Waals surface area contributed by atoms with Crippen LogP contribution in [0.3, 0.4) is 0 Å². The van der Waals surface area contributed by atoms with E-state index >= 15 is 0 Å². The Hall–Kier alpha value is -2.84. The lowest BCUT2D eigenvalue weighted by Gasteiger charge is -2.11. The summed E-state index contributed by atoms with van der Waals surface area (Å²) < 4.78 is 2.38. The molecular weight excluding hydrogens is 394 g/mol. The van der Waals surface area contributed by atoms with E-state index in [9.17, 15) is 0 Å². The molecule has 1 aromatic heterocycles. The van der Waals surface area contributed by atoms with Crippen molar-refractivity contribution in [2.45, 2.75) is 4.83 Å². The number of aromatic nitrogens is 1. The van der Waals surface area contributed by atoms with E-state index in [1.807, 2.05) is 0 Å². The van der Waals surface area contributed by atoms with Crippen LogP contribution in [0.15, 0.2) is 91.0 Å². The van der Waals surface area contributed by atoms with Crippen LogP contribution in [0.4, 0.5) is 0 Å². The van der Waals surface area contributed by atoms with Crippen molar-refractivity contribution < 1.29 is 0 Å². The monoisotopic (exact) mass is 409 g/mol. The Balaban J connectivity index is 1.66. The number of halogens is 1. The van der Waals surface area contributed by atoms with E-state index in [-0.39, 0.29) is 4.83 Å². The summed E-state index contributed by atoms with van der Waals surface area (Å²) in [5.74, 6) is 0. The smallest absolute Gasteiger partial charge is 0.0657 e. The van der Waals surface area contributed by atoms with Gasteiger partial charge in [-0.05, 0) is 46.5 Å². The second kappa shape index (κ2) is 5.58. The highest BCUT2D eigenvalue weighted by Gasteiger charge is 2.27. The maximum atomic E-state index is 3.92. The summed E-state index contributed by atoms with van der Waals surface area (Å²) in [5.41, 5.74) is 9.08. The van der Waals surface area contributed by atoms with Crippen LogP contribution < -0.4 is 0 Å². The fourth-order valence-corrected chi connectivity index (χ4v) is 5.25. The molecule has 1 unspecified atom stereocenters. The lowest BCUT2D eigenvalue weighted by atomic mass is 10.1. The second-order valence-corrected chi connectivity index (χ2v) is 8.01. The molecule has 1 heterocycles. The van der Waals surface area contributed by atoms with Crippen LogP contribution >= 0.6 is 15.9 Å². The first kappa shape index (κ1) is 15.2. The van der Waals surface area contributed by atoms with Crippen LogP contribution in [0.5, 0.6) is 0 Å². The van der Waals surface area contributed by atoms with Crippen LogP contribution in [0.1, 0.15) is 16.0 Å². The molecule has 0 amide bonds. The predicted molar refractivity (Wildman–Crippen MR) is 117 cm³/mol. The summed E-state index contributed by atoms with van der Waals surface area (Å²) in [5, 5.41) is 2.60. The minimum absolute atomic E-state index is 0.247. The third kappa shape index (κ3) is 2.05. The largest absolute Gasteiger partial charge is 0.309 e. The Kier molecular flexibility index (Phi) is 3.15. The molecule has 4 aromatic carbocycles. The van der Waals surface area contributed by atoms with Crippen molar-refractivity contribution in [1.29, 1.82) is 0 Å². The molecule has 0 saturated heterocycles. The first-order valence-electron chi connectivity index (χ1n) is 9.19. The summed E-state index contributed by atoms with van der Waals surface area (Å²) in [6, 6.07) is 32.9. The van der Waals surface area contributed by atoms with Gasteiger partial charge in [0, 0.05) is 16.5 Å². The van der Waals surface area contributed by atoms with Gasteiger partial charge in [-0.1, -0.05) is 82.7 Å². The van der Waals surface area contributed by atoms with Gasteiger partial charge in [0.25, 0.3) is 0 Å². The zero-order valence-corrected chi connectivity index (χ0v) is 16.1. The summed E-state index contributed by atoms with van der Waals surface area (Å²) in [4.78, 5) is 0.247. The fraction of sp³-hybridized carbons (Fsp3) is 0.0400. The van der Waals surface area contributed by atoms with Gasteiger partial charge in [-0.15, -0.1) is 0 Å². The molecule has 2 heteroatoms. The van der Waals surface area contributed by atoms with E-state index in [0.29, 0.717) is 0 Å². The van der Waals surface area contributed by atoms with Gasteiger partial charge in [0.1, 0.15) is 0 Å². The first-order valence-corrected chi connectivity index (χ1v) is 10.1. The van der Waals surface area contributed by atoms with Crippen LogP contribution in [0.2, 0.25) is 0 Å². The quantitative estimate of drug-likeness (QED) is 0.257. The molecule has 1 aliphatic carbocycles. The molecule has 5 aromatic rings. The Labute approximate surface area is 166 Å². The van der Waals surface area contributed by atoms with Crippen molar-refractivity contribution in [3.63, 3.8) is 0 Å². The Morgan fingerprint density at radius 2 is 1.19 bits per heavy atom. The first-order chi connectivity index (χ1) is 13.3. The van der Waals surface area contributed by atoms with E-state index < -0.39 is 0 Å². The minimum atomic E-state index is 0.247. The highest BCUT2D eigenvalue weighted by Crippen LogP contribution is 2.48. The predicted octanol–water partition coefficient (Wildman–Crippen LogP) is 7.25. The molecule has 0 bridgehead atoms. The van der Waals surface area contributed by atoms with Crippen molar-refractivity contribution in [1.82, 2.24) is 4.57 Å². The van der Waals surface area contributed by atoms with Crippen LogP contribution in [0, 0.1) is 0 Å². The van der Waals surface area contributed by atoms with E-state index in [1.165, 1.54) is 49.7 Å². The zero-order valence-electron chi connectivity index (χ0n) is 14.6. The maximum absolute atomic E-state index is 3.92. The number of nitrogens with zero attached hydrogens (tertiary/aromatic N) is 1. The van der Waals surface area contributed by atoms with Gasteiger partial charge < -0.3 is 4.57 Å². The number of hydrogen-bond acceptors (Lipinski definition) is 0. The molecule has 0 aliphatic heterocycles.